The van der Waals surface area contributed by atoms with Crippen molar-refractivity contribution in [3.63, 3.8) is 0 Å². The number of benzene rings is 1. The molecule has 0 unspecified atom stereocenters. The van der Waals surface area contributed by atoms with Gasteiger partial charge < -0.3 is 9.14 Å². The number of aromatic amines is 1. The molecule has 0 saturated carbocycles. The molecule has 3 heterocycles. The van der Waals surface area contributed by atoms with Crippen molar-refractivity contribution in [1.82, 2.24) is 19.6 Å². The quantitative estimate of drug-likeness (QED) is 0.591. The van der Waals surface area contributed by atoms with Crippen molar-refractivity contribution in [3.05, 3.63) is 65.7 Å². The van der Waals surface area contributed by atoms with Crippen LogP contribution in [-0.4, -0.2) is 25.6 Å². The lowest BCUT2D eigenvalue weighted by atomic mass is 10.2. The second-order valence-corrected chi connectivity index (χ2v) is 5.35. The number of hydrogen-bond acceptors (Lipinski definition) is 4. The van der Waals surface area contributed by atoms with Gasteiger partial charge in [-0.3, -0.25) is 5.10 Å². The minimum absolute atomic E-state index is 0.112. The molecule has 0 spiro atoms. The summed E-state index contributed by atoms with van der Waals surface area (Å²) in [6.07, 6.45) is 3.78. The number of ether oxygens (including phenoxy) is 1. The number of carbonyl (C=O) groups is 1. The van der Waals surface area contributed by atoms with Gasteiger partial charge >= 0.3 is 5.97 Å². The highest BCUT2D eigenvalue weighted by atomic mass is 16.5. The third kappa shape index (κ3) is 2.34. The van der Waals surface area contributed by atoms with Gasteiger partial charge in [-0.05, 0) is 24.6 Å². The first-order chi connectivity index (χ1) is 11.2. The van der Waals surface area contributed by atoms with E-state index in [1.807, 2.05) is 60.1 Å². The number of pyridine rings is 1. The van der Waals surface area contributed by atoms with Crippen molar-refractivity contribution in [2.45, 2.75) is 13.5 Å². The first-order valence-electron chi connectivity index (χ1n) is 7.26. The largest absolute Gasteiger partial charge is 0.454 e. The Morgan fingerprint density at radius 2 is 2.13 bits per heavy atom. The number of imidazole rings is 1. The Labute approximate surface area is 131 Å². The highest BCUT2D eigenvalue weighted by Crippen LogP contribution is 2.17. The predicted molar refractivity (Wildman–Crippen MR) is 85.1 cm³/mol. The molecule has 0 radical (unpaired) electrons. The molecular formula is C17H14N4O2. The molecule has 1 aromatic carbocycles. The van der Waals surface area contributed by atoms with E-state index >= 15 is 0 Å². The van der Waals surface area contributed by atoms with Crippen molar-refractivity contribution in [3.8, 4) is 0 Å². The van der Waals surface area contributed by atoms with Gasteiger partial charge in [0.2, 0.25) is 0 Å². The van der Waals surface area contributed by atoms with Gasteiger partial charge in [-0.1, -0.05) is 24.3 Å². The van der Waals surface area contributed by atoms with Gasteiger partial charge in [0.1, 0.15) is 12.3 Å². The fraction of sp³-hybridized carbons (Fsp3) is 0.118. The Morgan fingerprint density at radius 3 is 3.00 bits per heavy atom. The smallest absolute Gasteiger partial charge is 0.359 e. The summed E-state index contributed by atoms with van der Waals surface area (Å²) in [5.41, 5.74) is 3.74. The number of fused-ring (bicyclic) bond motifs is 2. The fourth-order valence-electron chi connectivity index (χ4n) is 2.60. The second kappa shape index (κ2) is 5.24. The molecule has 4 aromatic rings. The molecule has 0 bridgehead atoms. The molecule has 0 aliphatic carbocycles. The Kier molecular flexibility index (Phi) is 3.08. The Balaban J connectivity index is 1.56. The molecule has 0 aliphatic heterocycles. The van der Waals surface area contributed by atoms with Gasteiger partial charge in [-0.2, -0.15) is 5.10 Å². The molecule has 0 atom stereocenters. The summed E-state index contributed by atoms with van der Waals surface area (Å²) >= 11 is 0. The molecule has 3 aromatic heterocycles. The topological polar surface area (TPSA) is 72.3 Å². The van der Waals surface area contributed by atoms with Gasteiger partial charge in [-0.15, -0.1) is 0 Å². The fourth-order valence-corrected chi connectivity index (χ4v) is 2.60. The van der Waals surface area contributed by atoms with E-state index in [9.17, 15) is 4.79 Å². The minimum Gasteiger partial charge on any atom is -0.454 e. The number of nitrogens with one attached hydrogen (secondary N) is 1. The summed E-state index contributed by atoms with van der Waals surface area (Å²) in [5.74, 6) is -0.462. The normalized spacial score (nSPS) is 11.2. The highest BCUT2D eigenvalue weighted by Gasteiger charge is 2.16. The van der Waals surface area contributed by atoms with Crippen LogP contribution < -0.4 is 0 Å². The van der Waals surface area contributed by atoms with Crippen molar-refractivity contribution in [2.24, 2.45) is 0 Å². The van der Waals surface area contributed by atoms with Crippen LogP contribution in [0.3, 0.4) is 0 Å². The molecular weight excluding hydrogens is 292 g/mol. The maximum Gasteiger partial charge on any atom is 0.359 e. The molecule has 0 fully saturated rings. The van der Waals surface area contributed by atoms with E-state index in [1.54, 1.807) is 0 Å². The lowest BCUT2D eigenvalue weighted by Gasteiger charge is -2.00. The predicted octanol–water partition coefficient (Wildman–Crippen LogP) is 2.88. The molecule has 6 nitrogen and oxygen atoms in total. The Bertz CT molecular complexity index is 1020. The monoisotopic (exact) mass is 306 g/mol. The van der Waals surface area contributed by atoms with Gasteiger partial charge in [0.25, 0.3) is 0 Å². The van der Waals surface area contributed by atoms with E-state index in [0.717, 1.165) is 22.1 Å². The van der Waals surface area contributed by atoms with Crippen molar-refractivity contribution in [1.29, 1.82) is 0 Å². The number of rotatable bonds is 3. The molecule has 114 valence electrons. The van der Waals surface area contributed by atoms with E-state index in [1.165, 1.54) is 0 Å². The summed E-state index contributed by atoms with van der Waals surface area (Å²) in [5, 5.41) is 7.62. The molecule has 0 amide bonds. The molecule has 0 saturated heterocycles. The Hall–Kier alpha value is -3.15. The van der Waals surface area contributed by atoms with E-state index in [2.05, 4.69) is 15.2 Å². The third-order valence-corrected chi connectivity index (χ3v) is 3.74. The standard InChI is InChI=1S/C17H14N4O2/c1-11-5-4-8-21-9-12(18-16(11)21)10-23-17(22)15-13-6-2-3-7-14(13)19-20-15/h2-9H,10H2,1H3,(H,19,20). The molecule has 1 N–H and O–H groups in total. The number of hydrogen-bond donors (Lipinski definition) is 1. The van der Waals surface area contributed by atoms with Crippen LogP contribution in [0.1, 0.15) is 21.7 Å². The zero-order valence-corrected chi connectivity index (χ0v) is 12.5. The van der Waals surface area contributed by atoms with Gasteiger partial charge in [-0.25, -0.2) is 9.78 Å². The summed E-state index contributed by atoms with van der Waals surface area (Å²) in [4.78, 5) is 16.7. The summed E-state index contributed by atoms with van der Waals surface area (Å²) in [7, 11) is 0. The molecule has 23 heavy (non-hydrogen) atoms. The number of nitrogens with zero attached hydrogens (tertiary/aromatic N) is 3. The minimum atomic E-state index is -0.462. The van der Waals surface area contributed by atoms with E-state index in [4.69, 9.17) is 4.74 Å². The van der Waals surface area contributed by atoms with Gasteiger partial charge in [0.15, 0.2) is 5.69 Å². The summed E-state index contributed by atoms with van der Waals surface area (Å²) in [6.45, 7) is 2.11. The zero-order valence-electron chi connectivity index (χ0n) is 12.5. The summed E-state index contributed by atoms with van der Waals surface area (Å²) < 4.78 is 7.27. The average molecular weight is 306 g/mol. The zero-order chi connectivity index (χ0) is 15.8. The van der Waals surface area contributed by atoms with Crippen molar-refractivity contribution >= 4 is 22.5 Å². The third-order valence-electron chi connectivity index (χ3n) is 3.74. The number of carbonyl (C=O) groups excluding carboxylic acids is 1. The van der Waals surface area contributed by atoms with Crippen LogP contribution in [0.4, 0.5) is 0 Å². The van der Waals surface area contributed by atoms with Crippen LogP contribution in [-0.2, 0) is 11.3 Å². The first-order valence-corrected chi connectivity index (χ1v) is 7.26. The van der Waals surface area contributed by atoms with Crippen LogP contribution in [0.2, 0.25) is 0 Å². The molecule has 4 rings (SSSR count). The van der Waals surface area contributed by atoms with E-state index < -0.39 is 5.97 Å². The van der Waals surface area contributed by atoms with Crippen LogP contribution in [0.15, 0.2) is 48.8 Å². The maximum atomic E-state index is 12.2. The average Bonchev–Trinajstić information content (AvgIpc) is 3.17. The second-order valence-electron chi connectivity index (χ2n) is 5.35. The Morgan fingerprint density at radius 1 is 1.26 bits per heavy atom. The van der Waals surface area contributed by atoms with Crippen molar-refractivity contribution in [2.75, 3.05) is 0 Å². The van der Waals surface area contributed by atoms with Crippen LogP contribution in [0.25, 0.3) is 16.6 Å². The van der Waals surface area contributed by atoms with Crippen LogP contribution in [0.5, 0.6) is 0 Å². The first kappa shape index (κ1) is 13.5. The maximum absolute atomic E-state index is 12.2. The number of H-pyrrole nitrogens is 1. The SMILES string of the molecule is Cc1cccn2cc(COC(=O)c3n[nH]c4ccccc34)nc12. The number of aryl methyl sites for hydroxylation is 1. The van der Waals surface area contributed by atoms with E-state index in [0.29, 0.717) is 11.4 Å². The van der Waals surface area contributed by atoms with Crippen molar-refractivity contribution < 1.29 is 9.53 Å². The number of aromatic nitrogens is 4. The molecule has 6 heteroatoms. The highest BCUT2D eigenvalue weighted by molar-refractivity contribution is 6.01. The number of esters is 1. The van der Waals surface area contributed by atoms with Crippen LogP contribution in [0, 0.1) is 6.92 Å². The van der Waals surface area contributed by atoms with Gasteiger partial charge in [0, 0.05) is 17.8 Å². The lowest BCUT2D eigenvalue weighted by Crippen LogP contribution is -2.06. The van der Waals surface area contributed by atoms with E-state index in [-0.39, 0.29) is 6.61 Å². The molecule has 0 aliphatic rings. The van der Waals surface area contributed by atoms with Gasteiger partial charge in [0.05, 0.1) is 11.2 Å². The number of para-hydroxylation sites is 1. The lowest BCUT2D eigenvalue weighted by molar-refractivity contribution is 0.0463. The summed E-state index contributed by atoms with van der Waals surface area (Å²) in [6, 6.07) is 11.4. The van der Waals surface area contributed by atoms with Crippen LogP contribution >= 0.6 is 0 Å².